The second-order valence-electron chi connectivity index (χ2n) is 5.01. The smallest absolute Gasteiger partial charge is 0.224 e. The number of hydrogen-bond acceptors (Lipinski definition) is 1. The van der Waals surface area contributed by atoms with E-state index < -0.39 is 0 Å². The fourth-order valence-electron chi connectivity index (χ4n) is 2.32. The van der Waals surface area contributed by atoms with Gasteiger partial charge in [-0.2, -0.15) is 0 Å². The van der Waals surface area contributed by atoms with Crippen LogP contribution in [0.4, 0.5) is 0 Å². The van der Waals surface area contributed by atoms with Gasteiger partial charge in [0.25, 0.3) is 0 Å². The van der Waals surface area contributed by atoms with Crippen LogP contribution < -0.4 is 5.32 Å². The van der Waals surface area contributed by atoms with E-state index in [-0.39, 0.29) is 11.3 Å². The van der Waals surface area contributed by atoms with Gasteiger partial charge in [-0.3, -0.25) is 4.79 Å². The van der Waals surface area contributed by atoms with Crippen molar-refractivity contribution in [1.82, 2.24) is 5.32 Å². The van der Waals surface area contributed by atoms with Crippen molar-refractivity contribution in [3.05, 3.63) is 48.0 Å². The van der Waals surface area contributed by atoms with Crippen LogP contribution in [0.15, 0.2) is 42.5 Å². The lowest BCUT2D eigenvalue weighted by Crippen LogP contribution is -2.30. The van der Waals surface area contributed by atoms with Crippen molar-refractivity contribution in [2.24, 2.45) is 0 Å². The number of halogens is 1. The molecule has 0 aliphatic rings. The summed E-state index contributed by atoms with van der Waals surface area (Å²) in [5, 5.41) is 5.24. The minimum absolute atomic E-state index is 0.0245. The number of fused-ring (bicyclic) bond motifs is 1. The molecule has 0 fully saturated rings. The van der Waals surface area contributed by atoms with Crippen LogP contribution >= 0.6 is 11.6 Å². The van der Waals surface area contributed by atoms with E-state index in [4.69, 9.17) is 11.6 Å². The highest BCUT2D eigenvalue weighted by atomic mass is 35.5. The number of alkyl halides is 1. The fourth-order valence-corrected chi connectivity index (χ4v) is 2.62. The van der Waals surface area contributed by atoms with E-state index in [2.05, 4.69) is 30.4 Å². The molecule has 3 heteroatoms. The van der Waals surface area contributed by atoms with Crippen molar-refractivity contribution in [2.45, 2.75) is 31.6 Å². The number of hydrogen-bond donors (Lipinski definition) is 1. The Morgan fingerprint density at radius 3 is 2.75 bits per heavy atom. The molecule has 2 aromatic rings. The molecule has 0 heterocycles. The summed E-state index contributed by atoms with van der Waals surface area (Å²) in [6.07, 6.45) is 2.36. The molecule has 2 nitrogen and oxygen atoms in total. The summed E-state index contributed by atoms with van der Waals surface area (Å²) in [7, 11) is 0. The SMILES string of the molecule is CCCC(Cl)CNC(=O)Cc1cccc2ccccc12. The molecule has 106 valence electrons. The molecule has 1 N–H and O–H groups in total. The largest absolute Gasteiger partial charge is 0.354 e. The Kier molecular flexibility index (Phi) is 5.42. The molecule has 2 aromatic carbocycles. The third-order valence-electron chi connectivity index (χ3n) is 3.35. The first-order chi connectivity index (χ1) is 9.70. The summed E-state index contributed by atoms with van der Waals surface area (Å²) >= 11 is 6.11. The lowest BCUT2D eigenvalue weighted by molar-refractivity contribution is -0.120. The molecule has 0 bridgehead atoms. The topological polar surface area (TPSA) is 29.1 Å². The van der Waals surface area contributed by atoms with Crippen LogP contribution in [-0.2, 0) is 11.2 Å². The monoisotopic (exact) mass is 289 g/mol. The van der Waals surface area contributed by atoms with E-state index in [0.29, 0.717) is 13.0 Å². The van der Waals surface area contributed by atoms with Gasteiger partial charge in [0, 0.05) is 6.54 Å². The molecular formula is C17H20ClNO. The quantitative estimate of drug-likeness (QED) is 0.803. The van der Waals surface area contributed by atoms with Gasteiger partial charge < -0.3 is 5.32 Å². The van der Waals surface area contributed by atoms with E-state index in [9.17, 15) is 4.79 Å². The summed E-state index contributed by atoms with van der Waals surface area (Å²) < 4.78 is 0. The molecule has 0 aromatic heterocycles. The van der Waals surface area contributed by atoms with Crippen molar-refractivity contribution in [2.75, 3.05) is 6.54 Å². The number of carbonyl (C=O) groups is 1. The zero-order valence-electron chi connectivity index (χ0n) is 11.7. The molecule has 0 aliphatic carbocycles. The predicted octanol–water partition coefficient (Wildman–Crippen LogP) is 3.91. The van der Waals surface area contributed by atoms with E-state index in [0.717, 1.165) is 23.8 Å². The van der Waals surface area contributed by atoms with E-state index >= 15 is 0 Å². The molecule has 20 heavy (non-hydrogen) atoms. The van der Waals surface area contributed by atoms with Crippen LogP contribution in [0.5, 0.6) is 0 Å². The van der Waals surface area contributed by atoms with E-state index in [1.807, 2.05) is 24.3 Å². The van der Waals surface area contributed by atoms with Crippen LogP contribution in [-0.4, -0.2) is 17.8 Å². The number of benzene rings is 2. The van der Waals surface area contributed by atoms with Crippen LogP contribution in [0.25, 0.3) is 10.8 Å². The maximum absolute atomic E-state index is 12.0. The average Bonchev–Trinajstić information content (AvgIpc) is 2.46. The molecule has 0 aliphatic heterocycles. The zero-order valence-corrected chi connectivity index (χ0v) is 12.5. The molecule has 0 saturated carbocycles. The first-order valence-corrected chi connectivity index (χ1v) is 7.51. The van der Waals surface area contributed by atoms with Crippen LogP contribution in [0.1, 0.15) is 25.3 Å². The van der Waals surface area contributed by atoms with Gasteiger partial charge in [0.05, 0.1) is 11.8 Å². The fraction of sp³-hybridized carbons (Fsp3) is 0.353. The second-order valence-corrected chi connectivity index (χ2v) is 5.62. The van der Waals surface area contributed by atoms with Gasteiger partial charge in [0.2, 0.25) is 5.91 Å². The van der Waals surface area contributed by atoms with Gasteiger partial charge in [0.1, 0.15) is 0 Å². The predicted molar refractivity (Wildman–Crippen MR) is 85.2 cm³/mol. The Bertz CT molecular complexity index is 577. The summed E-state index contributed by atoms with van der Waals surface area (Å²) in [5.74, 6) is 0.0307. The molecule has 1 amide bonds. The highest BCUT2D eigenvalue weighted by molar-refractivity contribution is 6.20. The third-order valence-corrected chi connectivity index (χ3v) is 3.73. The molecule has 2 rings (SSSR count). The van der Waals surface area contributed by atoms with Crippen molar-refractivity contribution < 1.29 is 4.79 Å². The average molecular weight is 290 g/mol. The third kappa shape index (κ3) is 3.97. The number of amides is 1. The lowest BCUT2D eigenvalue weighted by atomic mass is 10.0. The van der Waals surface area contributed by atoms with Crippen molar-refractivity contribution in [3.8, 4) is 0 Å². The first-order valence-electron chi connectivity index (χ1n) is 7.08. The molecule has 0 saturated heterocycles. The summed E-state index contributed by atoms with van der Waals surface area (Å²) in [6.45, 7) is 2.63. The van der Waals surface area contributed by atoms with Gasteiger partial charge >= 0.3 is 0 Å². The number of carbonyl (C=O) groups excluding carboxylic acids is 1. The number of rotatable bonds is 6. The van der Waals surface area contributed by atoms with Crippen LogP contribution in [0, 0.1) is 0 Å². The van der Waals surface area contributed by atoms with Gasteiger partial charge in [-0.25, -0.2) is 0 Å². The van der Waals surface area contributed by atoms with Gasteiger partial charge in [-0.05, 0) is 22.8 Å². The summed E-state index contributed by atoms with van der Waals surface area (Å²) in [5.41, 5.74) is 1.06. The Labute approximate surface area is 125 Å². The maximum atomic E-state index is 12.0. The lowest BCUT2D eigenvalue weighted by Gasteiger charge is -2.11. The standard InChI is InChI=1S/C17H20ClNO/c1-2-6-15(18)12-19-17(20)11-14-9-5-8-13-7-3-4-10-16(13)14/h3-5,7-10,15H,2,6,11-12H2,1H3,(H,19,20). The zero-order chi connectivity index (χ0) is 14.4. The highest BCUT2D eigenvalue weighted by Crippen LogP contribution is 2.18. The van der Waals surface area contributed by atoms with E-state index in [1.165, 1.54) is 5.39 Å². The van der Waals surface area contributed by atoms with Crippen LogP contribution in [0.2, 0.25) is 0 Å². The summed E-state index contributed by atoms with van der Waals surface area (Å²) in [6, 6.07) is 14.2. The van der Waals surface area contributed by atoms with Crippen molar-refractivity contribution in [1.29, 1.82) is 0 Å². The molecule has 1 atom stereocenters. The molecule has 0 radical (unpaired) electrons. The highest BCUT2D eigenvalue weighted by Gasteiger charge is 2.09. The Morgan fingerprint density at radius 1 is 1.20 bits per heavy atom. The molecular weight excluding hydrogens is 270 g/mol. The van der Waals surface area contributed by atoms with Gasteiger partial charge in [-0.1, -0.05) is 55.8 Å². The normalized spacial score (nSPS) is 12.3. The maximum Gasteiger partial charge on any atom is 0.224 e. The Balaban J connectivity index is 1.99. The second kappa shape index (κ2) is 7.30. The molecule has 1 unspecified atom stereocenters. The van der Waals surface area contributed by atoms with Crippen molar-refractivity contribution in [3.63, 3.8) is 0 Å². The minimum atomic E-state index is 0.0245. The number of nitrogens with one attached hydrogen (secondary N) is 1. The first kappa shape index (κ1) is 14.9. The van der Waals surface area contributed by atoms with Crippen LogP contribution in [0.3, 0.4) is 0 Å². The molecule has 0 spiro atoms. The van der Waals surface area contributed by atoms with Gasteiger partial charge in [-0.15, -0.1) is 11.6 Å². The van der Waals surface area contributed by atoms with E-state index in [1.54, 1.807) is 0 Å². The summed E-state index contributed by atoms with van der Waals surface area (Å²) in [4.78, 5) is 12.0. The Hall–Kier alpha value is -1.54. The van der Waals surface area contributed by atoms with Crippen molar-refractivity contribution >= 4 is 28.3 Å². The Morgan fingerprint density at radius 2 is 1.95 bits per heavy atom. The minimum Gasteiger partial charge on any atom is -0.354 e. The van der Waals surface area contributed by atoms with Gasteiger partial charge in [0.15, 0.2) is 0 Å².